The Bertz CT molecular complexity index is 706. The first-order valence-electron chi connectivity index (χ1n) is 6.70. The number of aliphatic hydroxyl groups excluding tert-OH is 1. The number of hydrogen-bond acceptors (Lipinski definition) is 3. The summed E-state index contributed by atoms with van der Waals surface area (Å²) in [6.07, 6.45) is 3.67. The van der Waals surface area contributed by atoms with E-state index in [0.29, 0.717) is 6.54 Å². The van der Waals surface area contributed by atoms with Gasteiger partial charge in [-0.3, -0.25) is 4.68 Å². The summed E-state index contributed by atoms with van der Waals surface area (Å²) < 4.78 is 1.72. The highest BCUT2D eigenvalue weighted by atomic mass is 16.3. The Morgan fingerprint density at radius 3 is 2.80 bits per heavy atom. The first-order valence-corrected chi connectivity index (χ1v) is 6.70. The molecule has 0 bridgehead atoms. The van der Waals surface area contributed by atoms with Crippen molar-refractivity contribution in [1.82, 2.24) is 9.78 Å². The van der Waals surface area contributed by atoms with Crippen LogP contribution in [0.1, 0.15) is 5.56 Å². The number of nitrogens with zero attached hydrogens (tertiary/aromatic N) is 2. The summed E-state index contributed by atoms with van der Waals surface area (Å²) in [7, 11) is 0. The zero-order chi connectivity index (χ0) is 13.8. The highest BCUT2D eigenvalue weighted by molar-refractivity contribution is 5.83. The van der Waals surface area contributed by atoms with Crippen LogP contribution >= 0.6 is 0 Å². The van der Waals surface area contributed by atoms with E-state index in [0.717, 1.165) is 12.2 Å². The number of nitrogens with one attached hydrogen (secondary N) is 1. The van der Waals surface area contributed by atoms with E-state index in [1.165, 1.54) is 16.3 Å². The topological polar surface area (TPSA) is 50.1 Å². The van der Waals surface area contributed by atoms with Crippen molar-refractivity contribution in [2.45, 2.75) is 13.1 Å². The van der Waals surface area contributed by atoms with Crippen LogP contribution in [-0.4, -0.2) is 21.5 Å². The lowest BCUT2D eigenvalue weighted by atomic mass is 10.1. The second-order valence-electron chi connectivity index (χ2n) is 4.75. The fraction of sp³-hybridized carbons (Fsp3) is 0.188. The molecule has 0 unspecified atom stereocenters. The van der Waals surface area contributed by atoms with Crippen molar-refractivity contribution in [3.8, 4) is 0 Å². The molecule has 0 radical (unpaired) electrons. The van der Waals surface area contributed by atoms with E-state index < -0.39 is 0 Å². The van der Waals surface area contributed by atoms with Crippen molar-refractivity contribution in [1.29, 1.82) is 0 Å². The van der Waals surface area contributed by atoms with Gasteiger partial charge in [0, 0.05) is 12.7 Å². The summed E-state index contributed by atoms with van der Waals surface area (Å²) in [4.78, 5) is 0. The molecule has 0 amide bonds. The van der Waals surface area contributed by atoms with Crippen LogP contribution in [-0.2, 0) is 13.1 Å². The van der Waals surface area contributed by atoms with Gasteiger partial charge in [-0.05, 0) is 22.4 Å². The molecule has 4 heteroatoms. The fourth-order valence-corrected chi connectivity index (χ4v) is 2.23. The molecule has 102 valence electrons. The van der Waals surface area contributed by atoms with Gasteiger partial charge in [-0.25, -0.2) is 0 Å². The number of fused-ring (bicyclic) bond motifs is 1. The van der Waals surface area contributed by atoms with Gasteiger partial charge in [0.15, 0.2) is 0 Å². The summed E-state index contributed by atoms with van der Waals surface area (Å²) in [6.45, 7) is 1.39. The maximum absolute atomic E-state index is 8.86. The third kappa shape index (κ3) is 2.81. The molecular formula is C16H17N3O. The van der Waals surface area contributed by atoms with E-state index in [9.17, 15) is 0 Å². The molecular weight excluding hydrogens is 250 g/mol. The Kier molecular flexibility index (Phi) is 3.65. The summed E-state index contributed by atoms with van der Waals surface area (Å²) in [6, 6.07) is 14.8. The molecule has 0 aliphatic carbocycles. The predicted octanol–water partition coefficient (Wildman–Crippen LogP) is 2.64. The van der Waals surface area contributed by atoms with Gasteiger partial charge >= 0.3 is 0 Å². The van der Waals surface area contributed by atoms with Crippen LogP contribution in [0, 0.1) is 0 Å². The van der Waals surface area contributed by atoms with Gasteiger partial charge in [0.1, 0.15) is 0 Å². The number of aromatic nitrogens is 2. The quantitative estimate of drug-likeness (QED) is 0.747. The second kappa shape index (κ2) is 5.75. The molecule has 1 heterocycles. The smallest absolute Gasteiger partial charge is 0.0729 e. The summed E-state index contributed by atoms with van der Waals surface area (Å²) in [5.41, 5.74) is 2.20. The minimum Gasteiger partial charge on any atom is -0.394 e. The Morgan fingerprint density at radius 2 is 1.95 bits per heavy atom. The highest BCUT2D eigenvalue weighted by Crippen LogP contribution is 2.16. The Morgan fingerprint density at radius 1 is 1.10 bits per heavy atom. The number of aliphatic hydroxyl groups is 1. The number of anilines is 1. The van der Waals surface area contributed by atoms with E-state index in [-0.39, 0.29) is 6.61 Å². The zero-order valence-electron chi connectivity index (χ0n) is 11.2. The predicted molar refractivity (Wildman–Crippen MR) is 80.6 cm³/mol. The van der Waals surface area contributed by atoms with Crippen LogP contribution in [0.5, 0.6) is 0 Å². The van der Waals surface area contributed by atoms with Crippen molar-refractivity contribution in [3.63, 3.8) is 0 Å². The maximum Gasteiger partial charge on any atom is 0.0729 e. The van der Waals surface area contributed by atoms with E-state index in [2.05, 4.69) is 52.9 Å². The summed E-state index contributed by atoms with van der Waals surface area (Å²) in [5, 5.41) is 18.9. The van der Waals surface area contributed by atoms with Gasteiger partial charge in [0.2, 0.25) is 0 Å². The zero-order valence-corrected chi connectivity index (χ0v) is 11.2. The molecule has 2 N–H and O–H groups in total. The third-order valence-corrected chi connectivity index (χ3v) is 3.27. The van der Waals surface area contributed by atoms with Crippen LogP contribution < -0.4 is 5.32 Å². The lowest BCUT2D eigenvalue weighted by Crippen LogP contribution is -2.02. The number of benzene rings is 2. The molecule has 2 aromatic carbocycles. The molecule has 4 nitrogen and oxygen atoms in total. The van der Waals surface area contributed by atoms with Gasteiger partial charge < -0.3 is 10.4 Å². The highest BCUT2D eigenvalue weighted by Gasteiger charge is 1.99. The first-order chi connectivity index (χ1) is 9.85. The first kappa shape index (κ1) is 12.7. The lowest BCUT2D eigenvalue weighted by Gasteiger charge is -2.05. The Balaban J connectivity index is 1.69. The molecule has 0 spiro atoms. The SMILES string of the molecule is OCCn1cc(NCc2ccc3ccccc3c2)cn1. The second-order valence-corrected chi connectivity index (χ2v) is 4.75. The molecule has 3 aromatic rings. The normalized spacial score (nSPS) is 10.8. The van der Waals surface area contributed by atoms with Crippen LogP contribution in [0.25, 0.3) is 10.8 Å². The average molecular weight is 267 g/mol. The Hall–Kier alpha value is -2.33. The molecule has 0 fully saturated rings. The number of rotatable bonds is 5. The van der Waals surface area contributed by atoms with Crippen LogP contribution in [0.3, 0.4) is 0 Å². The standard InChI is InChI=1S/C16H17N3O/c20-8-7-19-12-16(11-18-19)17-10-13-5-6-14-3-1-2-4-15(14)9-13/h1-6,9,11-12,17,20H,7-8,10H2. The van der Waals surface area contributed by atoms with Gasteiger partial charge in [-0.2, -0.15) is 5.10 Å². The monoisotopic (exact) mass is 267 g/mol. The van der Waals surface area contributed by atoms with Gasteiger partial charge in [0.05, 0.1) is 25.0 Å². The maximum atomic E-state index is 8.86. The summed E-state index contributed by atoms with van der Waals surface area (Å²) in [5.74, 6) is 0. The molecule has 0 saturated carbocycles. The molecule has 20 heavy (non-hydrogen) atoms. The van der Waals surface area contributed by atoms with Crippen LogP contribution in [0.2, 0.25) is 0 Å². The van der Waals surface area contributed by atoms with Crippen molar-refractivity contribution in [3.05, 3.63) is 60.4 Å². The van der Waals surface area contributed by atoms with E-state index >= 15 is 0 Å². The van der Waals surface area contributed by atoms with E-state index in [4.69, 9.17) is 5.11 Å². The van der Waals surface area contributed by atoms with E-state index in [1.807, 2.05) is 6.20 Å². The molecule has 0 atom stereocenters. The van der Waals surface area contributed by atoms with Gasteiger partial charge in [0.25, 0.3) is 0 Å². The van der Waals surface area contributed by atoms with Crippen LogP contribution in [0.15, 0.2) is 54.9 Å². The van der Waals surface area contributed by atoms with Crippen molar-refractivity contribution < 1.29 is 5.11 Å². The molecule has 0 aliphatic heterocycles. The molecule has 0 saturated heterocycles. The fourth-order valence-electron chi connectivity index (χ4n) is 2.23. The van der Waals surface area contributed by atoms with Crippen molar-refractivity contribution >= 4 is 16.5 Å². The van der Waals surface area contributed by atoms with Crippen LogP contribution in [0.4, 0.5) is 5.69 Å². The molecule has 0 aliphatic rings. The average Bonchev–Trinajstić information content (AvgIpc) is 2.93. The minimum absolute atomic E-state index is 0.103. The van der Waals surface area contributed by atoms with Crippen molar-refractivity contribution in [2.24, 2.45) is 0 Å². The third-order valence-electron chi connectivity index (χ3n) is 3.27. The largest absolute Gasteiger partial charge is 0.394 e. The van der Waals surface area contributed by atoms with E-state index in [1.54, 1.807) is 10.9 Å². The number of hydrogen-bond donors (Lipinski definition) is 2. The summed E-state index contributed by atoms with van der Waals surface area (Å²) >= 11 is 0. The lowest BCUT2D eigenvalue weighted by molar-refractivity contribution is 0.269. The minimum atomic E-state index is 0.103. The van der Waals surface area contributed by atoms with Crippen molar-refractivity contribution in [2.75, 3.05) is 11.9 Å². The van der Waals surface area contributed by atoms with Gasteiger partial charge in [-0.1, -0.05) is 36.4 Å². The Labute approximate surface area is 117 Å². The molecule has 1 aromatic heterocycles. The molecule has 3 rings (SSSR count). The van der Waals surface area contributed by atoms with Gasteiger partial charge in [-0.15, -0.1) is 0 Å².